The van der Waals surface area contributed by atoms with Crippen molar-refractivity contribution in [2.45, 2.75) is 51.0 Å². The summed E-state index contributed by atoms with van der Waals surface area (Å²) in [5.74, 6) is 1.89. The van der Waals surface area contributed by atoms with Gasteiger partial charge in [-0.15, -0.1) is 0 Å². The van der Waals surface area contributed by atoms with E-state index in [1.165, 1.54) is 25.7 Å². The second-order valence-corrected chi connectivity index (χ2v) is 5.98. The Labute approximate surface area is 120 Å². The molecule has 3 heteroatoms. The Morgan fingerprint density at radius 3 is 2.85 bits per heavy atom. The van der Waals surface area contributed by atoms with E-state index >= 15 is 0 Å². The van der Waals surface area contributed by atoms with E-state index < -0.39 is 0 Å². The lowest BCUT2D eigenvalue weighted by atomic mass is 9.99. The molecule has 20 heavy (non-hydrogen) atoms. The van der Waals surface area contributed by atoms with Crippen LogP contribution in [0.5, 0.6) is 5.75 Å². The van der Waals surface area contributed by atoms with Gasteiger partial charge < -0.3 is 10.1 Å². The largest absolute Gasteiger partial charge is 0.493 e. The molecule has 0 saturated heterocycles. The number of fused-ring (bicyclic) bond motifs is 1. The number of amides is 1. The summed E-state index contributed by atoms with van der Waals surface area (Å²) in [4.78, 5) is 12.1. The molecule has 1 aromatic carbocycles. The number of carbonyl (C=O) groups is 1. The number of benzene rings is 1. The van der Waals surface area contributed by atoms with Crippen LogP contribution in [0.15, 0.2) is 24.3 Å². The molecule has 1 heterocycles. The van der Waals surface area contributed by atoms with E-state index in [2.05, 4.69) is 11.4 Å². The maximum Gasteiger partial charge on any atom is 0.220 e. The molecule has 0 spiro atoms. The number of nitrogens with one attached hydrogen (secondary N) is 1. The van der Waals surface area contributed by atoms with Crippen molar-refractivity contribution < 1.29 is 9.53 Å². The van der Waals surface area contributed by atoms with E-state index in [1.54, 1.807) is 0 Å². The molecular formula is C17H23NO2. The first-order valence-corrected chi connectivity index (χ1v) is 7.84. The Morgan fingerprint density at radius 2 is 2.00 bits per heavy atom. The van der Waals surface area contributed by atoms with Gasteiger partial charge in [0.25, 0.3) is 0 Å². The summed E-state index contributed by atoms with van der Waals surface area (Å²) in [6, 6.07) is 8.13. The van der Waals surface area contributed by atoms with Crippen molar-refractivity contribution in [1.82, 2.24) is 5.32 Å². The summed E-state index contributed by atoms with van der Waals surface area (Å²) in [5, 5.41) is 3.18. The van der Waals surface area contributed by atoms with Crippen molar-refractivity contribution in [3.63, 3.8) is 0 Å². The molecule has 1 fully saturated rings. The highest BCUT2D eigenvalue weighted by Gasteiger charge is 2.23. The smallest absolute Gasteiger partial charge is 0.220 e. The zero-order valence-corrected chi connectivity index (χ0v) is 11.9. The van der Waals surface area contributed by atoms with Crippen molar-refractivity contribution in [3.05, 3.63) is 29.8 Å². The first-order valence-electron chi connectivity index (χ1n) is 7.84. The quantitative estimate of drug-likeness (QED) is 0.910. The molecule has 3 rings (SSSR count). The fraction of sp³-hybridized carbons (Fsp3) is 0.588. The first kappa shape index (κ1) is 13.5. The Kier molecular flexibility index (Phi) is 4.24. The van der Waals surface area contributed by atoms with Crippen LogP contribution in [0.25, 0.3) is 0 Å². The maximum atomic E-state index is 12.1. The minimum absolute atomic E-state index is 0.121. The van der Waals surface area contributed by atoms with E-state index in [9.17, 15) is 4.79 Å². The number of ether oxygens (including phenoxy) is 1. The van der Waals surface area contributed by atoms with E-state index in [4.69, 9.17) is 4.74 Å². The summed E-state index contributed by atoms with van der Waals surface area (Å²) in [7, 11) is 0. The molecule has 1 aliphatic heterocycles. The summed E-state index contributed by atoms with van der Waals surface area (Å²) in [6.07, 6.45) is 7.91. The third-order valence-electron chi connectivity index (χ3n) is 4.55. The zero-order chi connectivity index (χ0) is 13.8. The molecule has 1 saturated carbocycles. The molecule has 1 aliphatic carbocycles. The Hall–Kier alpha value is -1.51. The fourth-order valence-electron chi connectivity index (χ4n) is 3.39. The maximum absolute atomic E-state index is 12.1. The van der Waals surface area contributed by atoms with Crippen LogP contribution >= 0.6 is 0 Å². The topological polar surface area (TPSA) is 38.3 Å². The third kappa shape index (κ3) is 3.14. The van der Waals surface area contributed by atoms with Crippen LogP contribution in [-0.4, -0.2) is 12.5 Å². The molecule has 1 amide bonds. The fourth-order valence-corrected chi connectivity index (χ4v) is 3.39. The third-order valence-corrected chi connectivity index (χ3v) is 4.55. The normalized spacial score (nSPS) is 22.1. The highest BCUT2D eigenvalue weighted by atomic mass is 16.5. The lowest BCUT2D eigenvalue weighted by molar-refractivity contribution is -0.122. The monoisotopic (exact) mass is 273 g/mol. The summed E-state index contributed by atoms with van der Waals surface area (Å²) < 4.78 is 5.63. The van der Waals surface area contributed by atoms with Crippen molar-refractivity contribution in [1.29, 1.82) is 0 Å². The van der Waals surface area contributed by atoms with E-state index in [0.29, 0.717) is 13.0 Å². The molecule has 1 atom stereocenters. The molecule has 0 radical (unpaired) electrons. The molecular weight excluding hydrogens is 250 g/mol. The second kappa shape index (κ2) is 6.29. The molecule has 3 nitrogen and oxygen atoms in total. The number of carbonyl (C=O) groups excluding carboxylic acids is 1. The summed E-state index contributed by atoms with van der Waals surface area (Å²) >= 11 is 0. The summed E-state index contributed by atoms with van der Waals surface area (Å²) in [5.41, 5.74) is 1.12. The van der Waals surface area contributed by atoms with E-state index in [1.807, 2.05) is 18.2 Å². The van der Waals surface area contributed by atoms with Gasteiger partial charge in [-0.25, -0.2) is 0 Å². The molecule has 0 aromatic heterocycles. The Morgan fingerprint density at radius 1 is 1.20 bits per heavy atom. The number of rotatable bonds is 4. The molecule has 0 bridgehead atoms. The molecule has 1 N–H and O–H groups in total. The van der Waals surface area contributed by atoms with Gasteiger partial charge in [0.05, 0.1) is 12.6 Å². The van der Waals surface area contributed by atoms with Gasteiger partial charge >= 0.3 is 0 Å². The van der Waals surface area contributed by atoms with E-state index in [0.717, 1.165) is 30.1 Å². The lowest BCUT2D eigenvalue weighted by Gasteiger charge is -2.26. The van der Waals surface area contributed by atoms with Gasteiger partial charge in [0.1, 0.15) is 5.75 Å². The van der Waals surface area contributed by atoms with Crippen LogP contribution in [-0.2, 0) is 4.79 Å². The molecule has 108 valence electrons. The minimum atomic E-state index is 0.121. The van der Waals surface area contributed by atoms with Gasteiger partial charge in [-0.1, -0.05) is 43.9 Å². The number of hydrogen-bond acceptors (Lipinski definition) is 2. The van der Waals surface area contributed by atoms with Crippen molar-refractivity contribution in [3.8, 4) is 5.75 Å². The van der Waals surface area contributed by atoms with Crippen LogP contribution < -0.4 is 10.1 Å². The number of para-hydroxylation sites is 1. The standard InChI is InChI=1S/C17H23NO2/c19-17(10-9-13-5-1-2-6-13)18-15-11-12-20-16-8-4-3-7-14(15)16/h3-4,7-8,13,15H,1-2,5-6,9-12H2,(H,18,19). The van der Waals surface area contributed by atoms with Crippen LogP contribution in [0, 0.1) is 5.92 Å². The molecule has 1 aromatic rings. The second-order valence-electron chi connectivity index (χ2n) is 5.98. The van der Waals surface area contributed by atoms with Gasteiger partial charge in [-0.2, -0.15) is 0 Å². The SMILES string of the molecule is O=C(CCC1CCCC1)NC1CCOc2ccccc21. The highest BCUT2D eigenvalue weighted by Crippen LogP contribution is 2.32. The lowest BCUT2D eigenvalue weighted by Crippen LogP contribution is -2.32. The van der Waals surface area contributed by atoms with Gasteiger partial charge in [-0.3, -0.25) is 4.79 Å². The van der Waals surface area contributed by atoms with Gasteiger partial charge in [-0.05, 0) is 18.4 Å². The molecule has 2 aliphatic rings. The van der Waals surface area contributed by atoms with Crippen LogP contribution in [0.4, 0.5) is 0 Å². The van der Waals surface area contributed by atoms with Crippen molar-refractivity contribution >= 4 is 5.91 Å². The summed E-state index contributed by atoms with van der Waals surface area (Å²) in [6.45, 7) is 0.685. The Balaban J connectivity index is 1.54. The van der Waals surface area contributed by atoms with Crippen LogP contribution in [0.3, 0.4) is 0 Å². The Bertz CT molecular complexity index is 466. The van der Waals surface area contributed by atoms with Crippen LogP contribution in [0.1, 0.15) is 56.6 Å². The highest BCUT2D eigenvalue weighted by molar-refractivity contribution is 5.76. The minimum Gasteiger partial charge on any atom is -0.493 e. The van der Waals surface area contributed by atoms with Gasteiger partial charge in [0, 0.05) is 18.4 Å². The average Bonchev–Trinajstić information content (AvgIpc) is 2.99. The van der Waals surface area contributed by atoms with Gasteiger partial charge in [0.15, 0.2) is 0 Å². The number of hydrogen-bond donors (Lipinski definition) is 1. The molecule has 1 unspecified atom stereocenters. The van der Waals surface area contributed by atoms with Crippen molar-refractivity contribution in [2.24, 2.45) is 5.92 Å². The van der Waals surface area contributed by atoms with Crippen molar-refractivity contribution in [2.75, 3.05) is 6.61 Å². The first-order chi connectivity index (χ1) is 9.83. The predicted octanol–water partition coefficient (Wildman–Crippen LogP) is 3.60. The van der Waals surface area contributed by atoms with E-state index in [-0.39, 0.29) is 11.9 Å². The average molecular weight is 273 g/mol. The predicted molar refractivity (Wildman–Crippen MR) is 78.6 cm³/mol. The van der Waals surface area contributed by atoms with Crippen LogP contribution in [0.2, 0.25) is 0 Å². The van der Waals surface area contributed by atoms with Gasteiger partial charge in [0.2, 0.25) is 5.91 Å². The zero-order valence-electron chi connectivity index (χ0n) is 11.9.